The van der Waals surface area contributed by atoms with Gasteiger partial charge in [0, 0.05) is 9.50 Å². The third kappa shape index (κ3) is 1.36. The highest BCUT2D eigenvalue weighted by Gasteiger charge is 2.17. The summed E-state index contributed by atoms with van der Waals surface area (Å²) >= 11 is 9.26. The van der Waals surface area contributed by atoms with Gasteiger partial charge in [-0.2, -0.15) is 4.52 Å². The Hall–Kier alpha value is -1.85. The first-order valence-electron chi connectivity index (χ1n) is 5.86. The van der Waals surface area contributed by atoms with Crippen molar-refractivity contribution < 1.29 is 0 Å². The van der Waals surface area contributed by atoms with Gasteiger partial charge in [-0.25, -0.2) is 4.52 Å². The molecule has 0 bridgehead atoms. The van der Waals surface area contributed by atoms with E-state index in [0.717, 1.165) is 8.99 Å². The summed E-state index contributed by atoms with van der Waals surface area (Å²) in [7, 11) is 0. The van der Waals surface area contributed by atoms with Crippen LogP contribution in [-0.2, 0) is 0 Å². The Morgan fingerprint density at radius 1 is 0.850 bits per heavy atom. The van der Waals surface area contributed by atoms with E-state index in [9.17, 15) is 9.59 Å². The number of fused-ring (bicyclic) bond motifs is 5. The van der Waals surface area contributed by atoms with Crippen LogP contribution >= 0.6 is 27.5 Å². The molecule has 0 aliphatic rings. The number of hydrogen-bond donors (Lipinski definition) is 0. The summed E-state index contributed by atoms with van der Waals surface area (Å²) in [5, 5.41) is 1.43. The molecule has 0 amide bonds. The molecule has 0 spiro atoms. The van der Waals surface area contributed by atoms with Gasteiger partial charge in [-0.15, -0.1) is 0 Å². The van der Waals surface area contributed by atoms with Crippen LogP contribution < -0.4 is 11.1 Å². The molecule has 98 valence electrons. The van der Waals surface area contributed by atoms with Crippen molar-refractivity contribution >= 4 is 49.3 Å². The van der Waals surface area contributed by atoms with Crippen LogP contribution in [0, 0.1) is 0 Å². The van der Waals surface area contributed by atoms with Gasteiger partial charge in [0.2, 0.25) is 0 Å². The second kappa shape index (κ2) is 3.84. The van der Waals surface area contributed by atoms with Crippen LogP contribution in [0.4, 0.5) is 0 Å². The minimum atomic E-state index is -0.347. The van der Waals surface area contributed by atoms with Gasteiger partial charge in [0.05, 0.1) is 21.8 Å². The summed E-state index contributed by atoms with van der Waals surface area (Å²) in [6, 6.07) is 10.4. The molecule has 0 radical (unpaired) electrons. The van der Waals surface area contributed by atoms with Gasteiger partial charge in [0.1, 0.15) is 0 Å². The predicted molar refractivity (Wildman–Crippen MR) is 82.3 cm³/mol. The summed E-state index contributed by atoms with van der Waals surface area (Å²) in [5.41, 5.74) is 0.708. The number of benzene rings is 2. The van der Waals surface area contributed by atoms with E-state index in [-0.39, 0.29) is 11.1 Å². The third-order valence-electron chi connectivity index (χ3n) is 3.42. The molecule has 0 unspecified atom stereocenters. The molecule has 0 saturated carbocycles. The quantitative estimate of drug-likeness (QED) is 0.490. The molecule has 6 heteroatoms. The number of aromatic nitrogens is 2. The molecule has 2 aromatic heterocycles. The lowest BCUT2D eigenvalue weighted by Crippen LogP contribution is -2.21. The maximum absolute atomic E-state index is 12.4. The van der Waals surface area contributed by atoms with Crippen LogP contribution in [0.1, 0.15) is 0 Å². The van der Waals surface area contributed by atoms with Gasteiger partial charge in [0.25, 0.3) is 11.1 Å². The summed E-state index contributed by atoms with van der Waals surface area (Å²) in [6.45, 7) is 0. The van der Waals surface area contributed by atoms with E-state index < -0.39 is 0 Å². The average molecular weight is 350 g/mol. The highest BCUT2D eigenvalue weighted by molar-refractivity contribution is 9.10. The summed E-state index contributed by atoms with van der Waals surface area (Å²) in [6.07, 6.45) is 0. The van der Waals surface area contributed by atoms with Crippen molar-refractivity contribution in [1.29, 1.82) is 0 Å². The van der Waals surface area contributed by atoms with E-state index in [1.807, 2.05) is 12.1 Å². The van der Waals surface area contributed by atoms with Crippen LogP contribution in [0.25, 0.3) is 21.8 Å². The highest BCUT2D eigenvalue weighted by Crippen LogP contribution is 2.22. The molecule has 0 aliphatic carbocycles. The van der Waals surface area contributed by atoms with E-state index in [1.54, 1.807) is 28.8 Å². The van der Waals surface area contributed by atoms with Crippen molar-refractivity contribution in [2.45, 2.75) is 0 Å². The first kappa shape index (κ1) is 11.9. The fraction of sp³-hybridized carbons (Fsp3) is 0. The number of hydrogen-bond acceptors (Lipinski definition) is 2. The molecular weight excluding hydrogens is 344 g/mol. The molecule has 0 fully saturated rings. The molecule has 4 nitrogen and oxygen atoms in total. The largest absolute Gasteiger partial charge is 0.282 e. The fourth-order valence-electron chi connectivity index (χ4n) is 2.58. The zero-order valence-corrected chi connectivity index (χ0v) is 12.3. The van der Waals surface area contributed by atoms with Crippen molar-refractivity contribution in [2.75, 3.05) is 0 Å². The second-order valence-electron chi connectivity index (χ2n) is 4.56. The molecular formula is C14H6BrClN2O2. The Morgan fingerprint density at radius 2 is 1.45 bits per heavy atom. The predicted octanol–water partition coefficient (Wildman–Crippen LogP) is 2.92. The Kier molecular flexibility index (Phi) is 2.29. The van der Waals surface area contributed by atoms with E-state index >= 15 is 0 Å². The Morgan fingerprint density at radius 3 is 2.15 bits per heavy atom. The minimum Gasteiger partial charge on any atom is -0.267 e. The average Bonchev–Trinajstić information content (AvgIpc) is 2.86. The lowest BCUT2D eigenvalue weighted by Gasteiger charge is -1.95. The number of nitrogens with zero attached hydrogens (tertiary/aromatic N) is 2. The van der Waals surface area contributed by atoms with Gasteiger partial charge >= 0.3 is 0 Å². The van der Waals surface area contributed by atoms with E-state index in [1.165, 1.54) is 0 Å². The summed E-state index contributed by atoms with van der Waals surface area (Å²) in [5.74, 6) is 0. The zero-order chi connectivity index (χ0) is 14.0. The fourth-order valence-corrected chi connectivity index (χ4v) is 3.11. The normalized spacial score (nSPS) is 11.9. The Labute approximate surface area is 125 Å². The van der Waals surface area contributed by atoms with Crippen LogP contribution in [0.3, 0.4) is 0 Å². The van der Waals surface area contributed by atoms with Crippen molar-refractivity contribution in [3.63, 3.8) is 0 Å². The number of rotatable bonds is 0. The second-order valence-corrected chi connectivity index (χ2v) is 5.91. The molecule has 20 heavy (non-hydrogen) atoms. The molecule has 4 rings (SSSR count). The SMILES string of the molecule is O=c1c2cc(Cl)ccc2n2c3ccc(Br)cc3c(=O)n12. The monoisotopic (exact) mass is 348 g/mol. The van der Waals surface area contributed by atoms with Gasteiger partial charge in [0.15, 0.2) is 0 Å². The molecule has 0 N–H and O–H groups in total. The molecule has 0 aliphatic heterocycles. The van der Waals surface area contributed by atoms with Crippen molar-refractivity contribution in [1.82, 2.24) is 9.03 Å². The van der Waals surface area contributed by atoms with Crippen LogP contribution in [0.5, 0.6) is 0 Å². The van der Waals surface area contributed by atoms with Crippen LogP contribution in [0.15, 0.2) is 50.5 Å². The van der Waals surface area contributed by atoms with Crippen LogP contribution in [-0.4, -0.2) is 9.03 Å². The minimum absolute atomic E-state index is 0.321. The van der Waals surface area contributed by atoms with Gasteiger partial charge < -0.3 is 0 Å². The molecule has 2 heterocycles. The molecule has 0 atom stereocenters. The van der Waals surface area contributed by atoms with E-state index in [4.69, 9.17) is 11.6 Å². The zero-order valence-electron chi connectivity index (χ0n) is 9.93. The molecule has 4 aromatic rings. The Bertz CT molecular complexity index is 1030. The maximum atomic E-state index is 12.4. The maximum Gasteiger partial charge on any atom is 0.282 e. The van der Waals surface area contributed by atoms with Crippen molar-refractivity contribution in [3.8, 4) is 0 Å². The Balaban J connectivity index is 2.43. The lowest BCUT2D eigenvalue weighted by atomic mass is 10.2. The van der Waals surface area contributed by atoms with Gasteiger partial charge in [-0.05, 0) is 36.4 Å². The molecule has 2 aromatic carbocycles. The summed E-state index contributed by atoms with van der Waals surface area (Å²) < 4.78 is 3.59. The van der Waals surface area contributed by atoms with Gasteiger partial charge in [-0.3, -0.25) is 9.59 Å². The first-order chi connectivity index (χ1) is 9.58. The van der Waals surface area contributed by atoms with E-state index in [2.05, 4.69) is 15.9 Å². The lowest BCUT2D eigenvalue weighted by molar-refractivity contribution is 0.841. The number of halogens is 2. The van der Waals surface area contributed by atoms with E-state index in [0.29, 0.717) is 26.8 Å². The molecule has 0 saturated heterocycles. The smallest absolute Gasteiger partial charge is 0.267 e. The third-order valence-corrected chi connectivity index (χ3v) is 4.15. The standard InChI is InChI=1S/C14H6BrClN2O2/c15-7-1-3-11-9(5-7)13(19)18-14(20)10-6-8(16)2-4-12(10)17(11)18/h1-6H. The highest BCUT2D eigenvalue weighted by atomic mass is 79.9. The van der Waals surface area contributed by atoms with Crippen LogP contribution in [0.2, 0.25) is 5.02 Å². The summed E-state index contributed by atoms with van der Waals surface area (Å²) in [4.78, 5) is 24.8. The van der Waals surface area contributed by atoms with Gasteiger partial charge in [-0.1, -0.05) is 27.5 Å². The first-order valence-corrected chi connectivity index (χ1v) is 7.03. The van der Waals surface area contributed by atoms with Crippen molar-refractivity contribution in [2.24, 2.45) is 0 Å². The topological polar surface area (TPSA) is 43.0 Å². The van der Waals surface area contributed by atoms with Crippen molar-refractivity contribution in [3.05, 3.63) is 66.6 Å².